The predicted molar refractivity (Wildman–Crippen MR) is 84.9 cm³/mol. The second-order valence-electron chi connectivity index (χ2n) is 5.28. The number of nitrogens with one attached hydrogen (secondary N) is 1. The molecule has 2 nitrogen and oxygen atoms in total. The quantitative estimate of drug-likeness (QED) is 0.862. The number of hydrogen-bond donors (Lipinski definition) is 1. The van der Waals surface area contributed by atoms with Crippen molar-refractivity contribution in [3.8, 4) is 5.75 Å². The SMILES string of the molecule is CC(NC1CCOc2ccc(Br)cc21)c1ccccc1F. The van der Waals surface area contributed by atoms with Crippen LogP contribution in [0.3, 0.4) is 0 Å². The summed E-state index contributed by atoms with van der Waals surface area (Å²) in [5.74, 6) is 0.738. The fourth-order valence-electron chi connectivity index (χ4n) is 2.76. The molecule has 1 heterocycles. The van der Waals surface area contributed by atoms with Crippen LogP contribution >= 0.6 is 15.9 Å². The van der Waals surface area contributed by atoms with Crippen LogP contribution < -0.4 is 10.1 Å². The molecule has 110 valence electrons. The van der Waals surface area contributed by atoms with Gasteiger partial charge in [-0.2, -0.15) is 0 Å². The summed E-state index contributed by atoms with van der Waals surface area (Å²) in [4.78, 5) is 0. The molecule has 1 N–H and O–H groups in total. The molecule has 0 bridgehead atoms. The van der Waals surface area contributed by atoms with Crippen LogP contribution in [0.15, 0.2) is 46.9 Å². The Bertz CT molecular complexity index is 646. The Morgan fingerprint density at radius 3 is 2.90 bits per heavy atom. The van der Waals surface area contributed by atoms with Crippen LogP contribution in [-0.2, 0) is 0 Å². The monoisotopic (exact) mass is 349 g/mol. The maximum Gasteiger partial charge on any atom is 0.127 e. The minimum atomic E-state index is -0.168. The van der Waals surface area contributed by atoms with Crippen LogP contribution in [-0.4, -0.2) is 6.61 Å². The average molecular weight is 350 g/mol. The Hall–Kier alpha value is -1.39. The third-order valence-electron chi connectivity index (χ3n) is 3.83. The van der Waals surface area contributed by atoms with Crippen LogP contribution in [0.1, 0.15) is 36.6 Å². The largest absolute Gasteiger partial charge is 0.493 e. The molecule has 0 saturated heterocycles. The number of ether oxygens (including phenoxy) is 1. The van der Waals surface area contributed by atoms with Crippen LogP contribution in [0.25, 0.3) is 0 Å². The Kier molecular flexibility index (Phi) is 4.27. The van der Waals surface area contributed by atoms with Gasteiger partial charge in [-0.1, -0.05) is 34.1 Å². The van der Waals surface area contributed by atoms with E-state index in [1.807, 2.05) is 31.2 Å². The summed E-state index contributed by atoms with van der Waals surface area (Å²) >= 11 is 3.50. The summed E-state index contributed by atoms with van der Waals surface area (Å²) < 4.78 is 20.6. The van der Waals surface area contributed by atoms with Gasteiger partial charge in [-0.05, 0) is 31.2 Å². The lowest BCUT2D eigenvalue weighted by Gasteiger charge is -2.29. The smallest absolute Gasteiger partial charge is 0.127 e. The lowest BCUT2D eigenvalue weighted by atomic mass is 9.98. The number of rotatable bonds is 3. The fourth-order valence-corrected chi connectivity index (χ4v) is 3.14. The lowest BCUT2D eigenvalue weighted by Crippen LogP contribution is -2.29. The van der Waals surface area contributed by atoms with E-state index in [4.69, 9.17) is 4.74 Å². The van der Waals surface area contributed by atoms with Gasteiger partial charge in [0.2, 0.25) is 0 Å². The summed E-state index contributed by atoms with van der Waals surface area (Å²) in [6.45, 7) is 2.67. The molecule has 2 atom stereocenters. The van der Waals surface area contributed by atoms with Crippen LogP contribution in [0.5, 0.6) is 5.75 Å². The summed E-state index contributed by atoms with van der Waals surface area (Å²) in [6, 6.07) is 13.0. The van der Waals surface area contributed by atoms with E-state index in [0.717, 1.165) is 22.2 Å². The van der Waals surface area contributed by atoms with E-state index in [1.165, 1.54) is 6.07 Å². The van der Waals surface area contributed by atoms with Gasteiger partial charge in [0.25, 0.3) is 0 Å². The normalized spacial score (nSPS) is 18.7. The van der Waals surface area contributed by atoms with E-state index in [1.54, 1.807) is 6.07 Å². The highest BCUT2D eigenvalue weighted by Crippen LogP contribution is 2.35. The summed E-state index contributed by atoms with van der Waals surface area (Å²) in [6.07, 6.45) is 0.877. The average Bonchev–Trinajstić information content (AvgIpc) is 2.48. The zero-order chi connectivity index (χ0) is 14.8. The van der Waals surface area contributed by atoms with Gasteiger partial charge in [0.15, 0.2) is 0 Å². The molecular formula is C17H17BrFNO. The third kappa shape index (κ3) is 3.11. The van der Waals surface area contributed by atoms with Crippen LogP contribution in [0, 0.1) is 5.82 Å². The van der Waals surface area contributed by atoms with E-state index in [2.05, 4.69) is 27.3 Å². The van der Waals surface area contributed by atoms with E-state index in [9.17, 15) is 4.39 Å². The molecule has 21 heavy (non-hydrogen) atoms. The molecule has 0 amide bonds. The molecule has 0 spiro atoms. The topological polar surface area (TPSA) is 21.3 Å². The van der Waals surface area contributed by atoms with E-state index >= 15 is 0 Å². The highest BCUT2D eigenvalue weighted by molar-refractivity contribution is 9.10. The lowest BCUT2D eigenvalue weighted by molar-refractivity contribution is 0.245. The highest BCUT2D eigenvalue weighted by Gasteiger charge is 2.24. The first kappa shape index (κ1) is 14.5. The number of hydrogen-bond acceptors (Lipinski definition) is 2. The molecule has 2 aromatic carbocycles. The van der Waals surface area contributed by atoms with Gasteiger partial charge < -0.3 is 10.1 Å². The molecule has 1 aliphatic heterocycles. The first-order chi connectivity index (χ1) is 10.1. The van der Waals surface area contributed by atoms with Crippen molar-refractivity contribution in [2.24, 2.45) is 0 Å². The Labute approximate surface area is 132 Å². The molecule has 2 aromatic rings. The zero-order valence-corrected chi connectivity index (χ0v) is 13.4. The van der Waals surface area contributed by atoms with Crippen molar-refractivity contribution < 1.29 is 9.13 Å². The van der Waals surface area contributed by atoms with E-state index < -0.39 is 0 Å². The molecule has 1 aliphatic rings. The molecule has 0 radical (unpaired) electrons. The molecule has 4 heteroatoms. The Balaban J connectivity index is 1.83. The van der Waals surface area contributed by atoms with Crippen LogP contribution in [0.4, 0.5) is 4.39 Å². The van der Waals surface area contributed by atoms with Gasteiger partial charge in [-0.15, -0.1) is 0 Å². The molecule has 0 saturated carbocycles. The van der Waals surface area contributed by atoms with Gasteiger partial charge >= 0.3 is 0 Å². The minimum Gasteiger partial charge on any atom is -0.493 e. The standard InChI is InChI=1S/C17H17BrFNO/c1-11(13-4-2-3-5-15(13)19)20-16-8-9-21-17-7-6-12(18)10-14(16)17/h2-7,10-11,16,20H,8-9H2,1H3. The van der Waals surface area contributed by atoms with Gasteiger partial charge in [0, 0.05) is 34.1 Å². The molecule has 0 fully saturated rings. The predicted octanol–water partition coefficient (Wildman–Crippen LogP) is 4.76. The molecule has 0 aromatic heterocycles. The van der Waals surface area contributed by atoms with Crippen LogP contribution in [0.2, 0.25) is 0 Å². The summed E-state index contributed by atoms with van der Waals surface area (Å²) in [5.41, 5.74) is 1.82. The van der Waals surface area contributed by atoms with Gasteiger partial charge in [0.1, 0.15) is 11.6 Å². The first-order valence-corrected chi connectivity index (χ1v) is 7.87. The number of halogens is 2. The van der Waals surface area contributed by atoms with E-state index in [0.29, 0.717) is 12.2 Å². The zero-order valence-electron chi connectivity index (χ0n) is 11.8. The second kappa shape index (κ2) is 6.16. The second-order valence-corrected chi connectivity index (χ2v) is 6.20. The molecule has 3 rings (SSSR count). The minimum absolute atomic E-state index is 0.0545. The van der Waals surface area contributed by atoms with E-state index in [-0.39, 0.29) is 17.9 Å². The van der Waals surface area contributed by atoms with Crippen molar-refractivity contribution in [3.05, 3.63) is 63.9 Å². The van der Waals surface area contributed by atoms with Crippen molar-refractivity contribution in [3.63, 3.8) is 0 Å². The summed E-state index contributed by atoms with van der Waals surface area (Å²) in [7, 11) is 0. The molecule has 2 unspecified atom stereocenters. The molecule has 0 aliphatic carbocycles. The Morgan fingerprint density at radius 1 is 1.29 bits per heavy atom. The molecular weight excluding hydrogens is 333 g/mol. The third-order valence-corrected chi connectivity index (χ3v) is 4.33. The first-order valence-electron chi connectivity index (χ1n) is 7.08. The van der Waals surface area contributed by atoms with Gasteiger partial charge in [0.05, 0.1) is 6.61 Å². The highest BCUT2D eigenvalue weighted by atomic mass is 79.9. The Morgan fingerprint density at radius 2 is 2.10 bits per heavy atom. The summed E-state index contributed by atoms with van der Waals surface area (Å²) in [5, 5.41) is 3.52. The van der Waals surface area contributed by atoms with Gasteiger partial charge in [-0.25, -0.2) is 4.39 Å². The number of fused-ring (bicyclic) bond motifs is 1. The fraction of sp³-hybridized carbons (Fsp3) is 0.294. The number of benzene rings is 2. The maximum atomic E-state index is 13.9. The van der Waals surface area contributed by atoms with Crippen molar-refractivity contribution in [2.75, 3.05) is 6.61 Å². The van der Waals surface area contributed by atoms with Crippen molar-refractivity contribution in [1.82, 2.24) is 5.32 Å². The van der Waals surface area contributed by atoms with Crippen molar-refractivity contribution >= 4 is 15.9 Å². The van der Waals surface area contributed by atoms with Gasteiger partial charge in [-0.3, -0.25) is 0 Å². The van der Waals surface area contributed by atoms with Crippen molar-refractivity contribution in [2.45, 2.75) is 25.4 Å². The maximum absolute atomic E-state index is 13.9. The van der Waals surface area contributed by atoms with Crippen molar-refractivity contribution in [1.29, 1.82) is 0 Å².